The molecule has 1 aromatic rings. The van der Waals surface area contributed by atoms with Crippen LogP contribution in [-0.4, -0.2) is 43.7 Å². The predicted octanol–water partition coefficient (Wildman–Crippen LogP) is 2.00. The van der Waals surface area contributed by atoms with Gasteiger partial charge < -0.3 is 14.4 Å². The first kappa shape index (κ1) is 13.6. The largest absolute Gasteiger partial charge is 0.487 e. The number of hydrogen-bond donors (Lipinski definition) is 0. The molecule has 0 saturated carbocycles. The molecule has 0 aromatic heterocycles. The molecule has 3 rings (SSSR count). The summed E-state index contributed by atoms with van der Waals surface area (Å²) in [6, 6.07) is 7.70. The molecular weight excluding hydrogens is 242 g/mol. The summed E-state index contributed by atoms with van der Waals surface area (Å²) < 4.78 is 9.74. The number of hydrogen-bond acceptors (Lipinski definition) is 3. The van der Waals surface area contributed by atoms with Gasteiger partial charge in [-0.3, -0.25) is 4.79 Å². The maximum absolute atomic E-state index is 12.1. The second-order valence-corrected chi connectivity index (χ2v) is 4.55. The van der Waals surface area contributed by atoms with Crippen molar-refractivity contribution >= 4 is 5.91 Å². The summed E-state index contributed by atoms with van der Waals surface area (Å²) in [4.78, 5) is 13.9. The number of carbonyl (C=O) groups excluding carboxylic acids is 1. The van der Waals surface area contributed by atoms with Gasteiger partial charge in [0.05, 0.1) is 13.2 Å². The van der Waals surface area contributed by atoms with Crippen LogP contribution in [-0.2, 0) is 9.47 Å². The molecule has 0 spiro atoms. The van der Waals surface area contributed by atoms with Gasteiger partial charge in [0.15, 0.2) is 0 Å². The Balaban J connectivity index is 0.000000284. The van der Waals surface area contributed by atoms with Crippen molar-refractivity contribution in [2.45, 2.75) is 6.92 Å². The number of aryl methyl sites for hydroxylation is 1. The molecule has 2 fully saturated rings. The van der Waals surface area contributed by atoms with Crippen LogP contribution in [0, 0.1) is 6.92 Å². The lowest BCUT2D eigenvalue weighted by Gasteiger charge is -2.27. The molecule has 0 radical (unpaired) electrons. The van der Waals surface area contributed by atoms with Crippen molar-refractivity contribution in [3.05, 3.63) is 47.7 Å². The van der Waals surface area contributed by atoms with E-state index in [1.807, 2.05) is 36.1 Å². The Bertz CT molecular complexity index is 458. The van der Waals surface area contributed by atoms with E-state index in [2.05, 4.69) is 11.3 Å². The zero-order chi connectivity index (χ0) is 13.7. The van der Waals surface area contributed by atoms with Gasteiger partial charge in [-0.1, -0.05) is 24.8 Å². The van der Waals surface area contributed by atoms with Crippen molar-refractivity contribution in [3.63, 3.8) is 0 Å². The molecule has 0 atom stereocenters. The van der Waals surface area contributed by atoms with Crippen molar-refractivity contribution in [2.75, 3.05) is 32.9 Å². The molecule has 19 heavy (non-hydrogen) atoms. The van der Waals surface area contributed by atoms with Gasteiger partial charge in [0.25, 0.3) is 5.91 Å². The van der Waals surface area contributed by atoms with Crippen molar-refractivity contribution in [1.29, 1.82) is 0 Å². The minimum atomic E-state index is 0.122. The number of morpholine rings is 1. The Morgan fingerprint density at radius 2 is 1.84 bits per heavy atom. The summed E-state index contributed by atoms with van der Waals surface area (Å²) in [5.74, 6) is 1.04. The highest BCUT2D eigenvalue weighted by Crippen LogP contribution is 2.11. The van der Waals surface area contributed by atoms with Crippen LogP contribution in [0.15, 0.2) is 36.6 Å². The molecule has 2 saturated heterocycles. The highest BCUT2D eigenvalue weighted by Gasteiger charge is 2.19. The monoisotopic (exact) mass is 261 g/mol. The van der Waals surface area contributed by atoms with Gasteiger partial charge in [-0.05, 0) is 18.6 Å². The summed E-state index contributed by atoms with van der Waals surface area (Å²) >= 11 is 0. The Morgan fingerprint density at radius 1 is 1.26 bits per heavy atom. The van der Waals surface area contributed by atoms with Crippen molar-refractivity contribution in [3.8, 4) is 0 Å². The number of amides is 1. The molecule has 2 heterocycles. The number of rotatable bonds is 1. The third-order valence-electron chi connectivity index (χ3n) is 3.02. The van der Waals surface area contributed by atoms with E-state index < -0.39 is 0 Å². The Morgan fingerprint density at radius 3 is 2.37 bits per heavy atom. The van der Waals surface area contributed by atoms with E-state index in [1.54, 1.807) is 0 Å². The summed E-state index contributed by atoms with van der Waals surface area (Å²) in [5, 5.41) is 0. The normalized spacial score (nSPS) is 17.1. The van der Waals surface area contributed by atoms with Gasteiger partial charge in [0.1, 0.15) is 12.4 Å². The van der Waals surface area contributed by atoms with E-state index in [4.69, 9.17) is 4.74 Å². The van der Waals surface area contributed by atoms with E-state index in [0.717, 1.165) is 23.5 Å². The lowest BCUT2D eigenvalue weighted by molar-refractivity contribution is 0.0302. The molecule has 1 aromatic carbocycles. The molecule has 0 unspecified atom stereocenters. The van der Waals surface area contributed by atoms with Gasteiger partial charge in [-0.15, -0.1) is 0 Å². The fourth-order valence-corrected chi connectivity index (χ4v) is 1.80. The van der Waals surface area contributed by atoms with Crippen LogP contribution in [0.1, 0.15) is 15.9 Å². The van der Waals surface area contributed by atoms with E-state index >= 15 is 0 Å². The predicted molar refractivity (Wildman–Crippen MR) is 73.0 cm³/mol. The van der Waals surface area contributed by atoms with Crippen LogP contribution in [0.2, 0.25) is 0 Å². The average molecular weight is 261 g/mol. The third kappa shape index (κ3) is 4.10. The number of carbonyl (C=O) groups is 1. The van der Waals surface area contributed by atoms with Gasteiger partial charge in [-0.25, -0.2) is 0 Å². The Hall–Kier alpha value is -1.81. The van der Waals surface area contributed by atoms with Gasteiger partial charge in [0, 0.05) is 18.7 Å². The third-order valence-corrected chi connectivity index (χ3v) is 3.02. The SMILES string of the molecule is C=C1CO1.Cc1ccccc1C(=O)N1CCOCC1. The highest BCUT2D eigenvalue weighted by molar-refractivity contribution is 5.95. The van der Waals surface area contributed by atoms with Crippen LogP contribution in [0.3, 0.4) is 0 Å². The van der Waals surface area contributed by atoms with Crippen molar-refractivity contribution < 1.29 is 14.3 Å². The fraction of sp³-hybridized carbons (Fsp3) is 0.400. The lowest BCUT2D eigenvalue weighted by Crippen LogP contribution is -2.40. The van der Waals surface area contributed by atoms with Crippen LogP contribution < -0.4 is 0 Å². The minimum Gasteiger partial charge on any atom is -0.487 e. The van der Waals surface area contributed by atoms with Crippen molar-refractivity contribution in [2.24, 2.45) is 0 Å². The Labute approximate surface area is 113 Å². The van der Waals surface area contributed by atoms with Gasteiger partial charge in [0.2, 0.25) is 0 Å². The second kappa shape index (κ2) is 6.38. The molecule has 1 amide bonds. The number of epoxide rings is 1. The first-order chi connectivity index (χ1) is 9.18. The molecule has 2 aliphatic heterocycles. The zero-order valence-electron chi connectivity index (χ0n) is 11.2. The van der Waals surface area contributed by atoms with E-state index in [9.17, 15) is 4.79 Å². The smallest absolute Gasteiger partial charge is 0.254 e. The molecule has 0 bridgehead atoms. The average Bonchev–Trinajstić information content (AvgIpc) is 3.23. The van der Waals surface area contributed by atoms with Crippen LogP contribution in [0.4, 0.5) is 0 Å². The molecule has 102 valence electrons. The molecule has 4 nitrogen and oxygen atoms in total. The molecular formula is C15H19NO3. The van der Waals surface area contributed by atoms with E-state index in [1.165, 1.54) is 0 Å². The maximum atomic E-state index is 12.1. The molecule has 2 aliphatic rings. The second-order valence-electron chi connectivity index (χ2n) is 4.55. The fourth-order valence-electron chi connectivity index (χ4n) is 1.80. The summed E-state index contributed by atoms with van der Waals surface area (Å²) in [6.07, 6.45) is 0. The van der Waals surface area contributed by atoms with Crippen molar-refractivity contribution in [1.82, 2.24) is 4.90 Å². The number of ether oxygens (including phenoxy) is 2. The van der Waals surface area contributed by atoms with Crippen LogP contribution in [0.25, 0.3) is 0 Å². The Kier molecular flexibility index (Phi) is 4.58. The summed E-state index contributed by atoms with van der Waals surface area (Å²) in [5.41, 5.74) is 1.84. The van der Waals surface area contributed by atoms with E-state index in [0.29, 0.717) is 26.3 Å². The minimum absolute atomic E-state index is 0.122. The first-order valence-electron chi connectivity index (χ1n) is 6.41. The summed E-state index contributed by atoms with van der Waals surface area (Å²) in [7, 11) is 0. The molecule has 0 aliphatic carbocycles. The number of nitrogens with zero attached hydrogens (tertiary/aromatic N) is 1. The van der Waals surface area contributed by atoms with E-state index in [-0.39, 0.29) is 5.91 Å². The van der Waals surface area contributed by atoms with Gasteiger partial charge in [-0.2, -0.15) is 0 Å². The quantitative estimate of drug-likeness (QED) is 0.726. The maximum Gasteiger partial charge on any atom is 0.254 e. The topological polar surface area (TPSA) is 42.1 Å². The first-order valence-corrected chi connectivity index (χ1v) is 6.41. The number of benzene rings is 1. The standard InChI is InChI=1S/C12H15NO2.C3H4O/c1-10-4-2-3-5-11(10)12(14)13-6-8-15-9-7-13;1-3-2-4-3/h2-5H,6-9H2,1H3;1-2H2. The molecule has 0 N–H and O–H groups in total. The lowest BCUT2D eigenvalue weighted by atomic mass is 10.1. The molecule has 4 heteroatoms. The van der Waals surface area contributed by atoms with Crippen LogP contribution in [0.5, 0.6) is 0 Å². The van der Waals surface area contributed by atoms with Gasteiger partial charge >= 0.3 is 0 Å². The summed E-state index contributed by atoms with van der Waals surface area (Å²) in [6.45, 7) is 8.91. The highest BCUT2D eigenvalue weighted by atomic mass is 16.6. The van der Waals surface area contributed by atoms with Crippen LogP contribution >= 0.6 is 0 Å². The zero-order valence-corrected chi connectivity index (χ0v) is 11.2.